The van der Waals surface area contributed by atoms with Crippen LogP contribution in [-0.4, -0.2) is 6.54 Å². The summed E-state index contributed by atoms with van der Waals surface area (Å²) in [6, 6.07) is 14.3. The highest BCUT2D eigenvalue weighted by Crippen LogP contribution is 2.29. The van der Waals surface area contributed by atoms with Gasteiger partial charge in [-0.25, -0.2) is 0 Å². The highest BCUT2D eigenvalue weighted by atomic mass is 79.9. The van der Waals surface area contributed by atoms with Gasteiger partial charge in [0.05, 0.1) is 0 Å². The van der Waals surface area contributed by atoms with E-state index < -0.39 is 0 Å². The molecule has 2 aromatic carbocycles. The molecular weight excluding hydrogens is 310 g/mol. The molecule has 0 heterocycles. The number of nitrogens with one attached hydrogen (secondary N) is 1. The zero-order valence-electron chi connectivity index (χ0n) is 10.2. The molecular formula is C15H15BrClN. The van der Waals surface area contributed by atoms with E-state index in [0.717, 1.165) is 22.6 Å². The summed E-state index contributed by atoms with van der Waals surface area (Å²) < 4.78 is 1.08. The first-order chi connectivity index (χ1) is 8.70. The lowest BCUT2D eigenvalue weighted by Crippen LogP contribution is -2.12. The molecule has 0 spiro atoms. The minimum absolute atomic E-state index is 0.769. The molecule has 0 aromatic heterocycles. The summed E-state index contributed by atoms with van der Waals surface area (Å²) >= 11 is 9.61. The first-order valence-electron chi connectivity index (χ1n) is 5.96. The fraction of sp³-hybridized carbons (Fsp3) is 0.200. The summed E-state index contributed by atoms with van der Waals surface area (Å²) in [5.74, 6) is 0. The number of hydrogen-bond acceptors (Lipinski definition) is 1. The van der Waals surface area contributed by atoms with Crippen LogP contribution in [0.4, 0.5) is 0 Å². The van der Waals surface area contributed by atoms with Crippen LogP contribution in [0.3, 0.4) is 0 Å². The van der Waals surface area contributed by atoms with Crippen molar-refractivity contribution in [2.24, 2.45) is 0 Å². The van der Waals surface area contributed by atoms with Crippen LogP contribution in [0.25, 0.3) is 11.1 Å². The van der Waals surface area contributed by atoms with Crippen molar-refractivity contribution in [1.82, 2.24) is 5.32 Å². The minimum Gasteiger partial charge on any atom is -0.313 e. The second-order valence-corrected chi connectivity index (χ2v) is 5.44. The molecule has 1 N–H and O–H groups in total. The highest BCUT2D eigenvalue weighted by molar-refractivity contribution is 9.10. The fourth-order valence-corrected chi connectivity index (χ4v) is 2.46. The average molecular weight is 325 g/mol. The summed E-state index contributed by atoms with van der Waals surface area (Å²) in [5.41, 5.74) is 3.63. The lowest BCUT2D eigenvalue weighted by molar-refractivity contribution is 0.728. The van der Waals surface area contributed by atoms with E-state index in [0.29, 0.717) is 0 Å². The molecule has 0 aliphatic rings. The molecule has 1 nitrogen and oxygen atoms in total. The van der Waals surface area contributed by atoms with E-state index in [4.69, 9.17) is 11.6 Å². The maximum Gasteiger partial charge on any atom is 0.0412 e. The SMILES string of the molecule is CCNCc1ccc(Cl)cc1-c1cccc(Br)c1. The average Bonchev–Trinajstić information content (AvgIpc) is 2.37. The number of rotatable bonds is 4. The van der Waals surface area contributed by atoms with Crippen molar-refractivity contribution >= 4 is 27.5 Å². The first kappa shape index (κ1) is 13.6. The van der Waals surface area contributed by atoms with Crippen molar-refractivity contribution in [2.45, 2.75) is 13.5 Å². The third kappa shape index (κ3) is 3.35. The van der Waals surface area contributed by atoms with Crippen LogP contribution in [0.2, 0.25) is 5.02 Å². The molecule has 2 aromatic rings. The maximum absolute atomic E-state index is 6.11. The highest BCUT2D eigenvalue weighted by Gasteiger charge is 2.06. The molecule has 94 valence electrons. The number of benzene rings is 2. The number of halogens is 2. The van der Waals surface area contributed by atoms with Gasteiger partial charge < -0.3 is 5.32 Å². The summed E-state index contributed by atoms with van der Waals surface area (Å²) in [5, 5.41) is 4.12. The largest absolute Gasteiger partial charge is 0.313 e. The van der Waals surface area contributed by atoms with Crippen molar-refractivity contribution in [1.29, 1.82) is 0 Å². The van der Waals surface area contributed by atoms with Gasteiger partial charge in [-0.2, -0.15) is 0 Å². The number of hydrogen-bond donors (Lipinski definition) is 1. The first-order valence-corrected chi connectivity index (χ1v) is 7.13. The Bertz CT molecular complexity index is 540. The Kier molecular flexibility index (Phi) is 4.81. The third-order valence-corrected chi connectivity index (χ3v) is 3.50. The Morgan fingerprint density at radius 3 is 2.72 bits per heavy atom. The molecule has 0 amide bonds. The normalized spacial score (nSPS) is 10.6. The van der Waals surface area contributed by atoms with Crippen molar-refractivity contribution in [3.05, 3.63) is 57.5 Å². The van der Waals surface area contributed by atoms with Gasteiger partial charge in [0, 0.05) is 16.0 Å². The quantitative estimate of drug-likeness (QED) is 0.845. The van der Waals surface area contributed by atoms with Gasteiger partial charge in [0.15, 0.2) is 0 Å². The summed E-state index contributed by atoms with van der Waals surface area (Å²) in [4.78, 5) is 0. The summed E-state index contributed by atoms with van der Waals surface area (Å²) in [7, 11) is 0. The van der Waals surface area contributed by atoms with Crippen LogP contribution < -0.4 is 5.32 Å². The summed E-state index contributed by atoms with van der Waals surface area (Å²) in [6.07, 6.45) is 0. The Morgan fingerprint density at radius 2 is 2.00 bits per heavy atom. The van der Waals surface area contributed by atoms with Crippen molar-refractivity contribution in [3.8, 4) is 11.1 Å². The van der Waals surface area contributed by atoms with E-state index in [1.165, 1.54) is 16.7 Å². The van der Waals surface area contributed by atoms with E-state index in [1.54, 1.807) is 0 Å². The van der Waals surface area contributed by atoms with Gasteiger partial charge in [0.25, 0.3) is 0 Å². The molecule has 3 heteroatoms. The Hall–Kier alpha value is -0.830. The Morgan fingerprint density at radius 1 is 1.17 bits per heavy atom. The van der Waals surface area contributed by atoms with Crippen molar-refractivity contribution < 1.29 is 0 Å². The van der Waals surface area contributed by atoms with Crippen LogP contribution in [-0.2, 0) is 6.54 Å². The molecule has 0 unspecified atom stereocenters. The predicted molar refractivity (Wildman–Crippen MR) is 82.0 cm³/mol. The maximum atomic E-state index is 6.11. The molecule has 0 aliphatic heterocycles. The van der Waals surface area contributed by atoms with Crippen molar-refractivity contribution in [2.75, 3.05) is 6.54 Å². The van der Waals surface area contributed by atoms with Gasteiger partial charge in [0.1, 0.15) is 0 Å². The predicted octanol–water partition coefficient (Wildman–Crippen LogP) is 4.88. The monoisotopic (exact) mass is 323 g/mol. The summed E-state index contributed by atoms with van der Waals surface area (Å²) in [6.45, 7) is 3.92. The van der Waals surface area contributed by atoms with Gasteiger partial charge in [-0.3, -0.25) is 0 Å². The second-order valence-electron chi connectivity index (χ2n) is 4.09. The molecule has 0 fully saturated rings. The van der Waals surface area contributed by atoms with E-state index in [2.05, 4.69) is 46.4 Å². The third-order valence-electron chi connectivity index (χ3n) is 2.77. The second kappa shape index (κ2) is 6.37. The van der Waals surface area contributed by atoms with Gasteiger partial charge in [0.2, 0.25) is 0 Å². The molecule has 0 saturated heterocycles. The minimum atomic E-state index is 0.769. The van der Waals surface area contributed by atoms with Crippen LogP contribution >= 0.6 is 27.5 Å². The Labute approximate surface area is 121 Å². The molecule has 2 rings (SSSR count). The van der Waals surface area contributed by atoms with E-state index in [1.807, 2.05) is 24.3 Å². The van der Waals surface area contributed by atoms with Gasteiger partial charge in [-0.05, 0) is 47.5 Å². The van der Waals surface area contributed by atoms with Gasteiger partial charge in [-0.15, -0.1) is 0 Å². The van der Waals surface area contributed by atoms with Crippen LogP contribution in [0.5, 0.6) is 0 Å². The lowest BCUT2D eigenvalue weighted by Gasteiger charge is -2.11. The zero-order valence-corrected chi connectivity index (χ0v) is 12.6. The zero-order chi connectivity index (χ0) is 13.0. The van der Waals surface area contributed by atoms with E-state index in [-0.39, 0.29) is 0 Å². The van der Waals surface area contributed by atoms with E-state index >= 15 is 0 Å². The van der Waals surface area contributed by atoms with Crippen LogP contribution in [0.15, 0.2) is 46.9 Å². The van der Waals surface area contributed by atoms with Crippen LogP contribution in [0, 0.1) is 0 Å². The standard InChI is InChI=1S/C15H15BrClN/c1-2-18-10-12-6-7-14(17)9-15(12)11-4-3-5-13(16)8-11/h3-9,18H,2,10H2,1H3. The topological polar surface area (TPSA) is 12.0 Å². The van der Waals surface area contributed by atoms with Gasteiger partial charge in [-0.1, -0.05) is 52.7 Å². The molecule has 0 radical (unpaired) electrons. The smallest absolute Gasteiger partial charge is 0.0412 e. The molecule has 0 saturated carbocycles. The molecule has 0 aliphatic carbocycles. The lowest BCUT2D eigenvalue weighted by atomic mass is 10.00. The van der Waals surface area contributed by atoms with Crippen molar-refractivity contribution in [3.63, 3.8) is 0 Å². The molecule has 18 heavy (non-hydrogen) atoms. The Balaban J connectivity index is 2.44. The molecule has 0 atom stereocenters. The molecule has 0 bridgehead atoms. The van der Waals surface area contributed by atoms with Gasteiger partial charge >= 0.3 is 0 Å². The van der Waals surface area contributed by atoms with E-state index in [9.17, 15) is 0 Å². The fourth-order valence-electron chi connectivity index (χ4n) is 1.89. The van der Waals surface area contributed by atoms with Crippen LogP contribution in [0.1, 0.15) is 12.5 Å².